The van der Waals surface area contributed by atoms with Crippen molar-refractivity contribution in [1.82, 2.24) is 4.98 Å². The van der Waals surface area contributed by atoms with E-state index in [1.807, 2.05) is 19.2 Å². The minimum absolute atomic E-state index is 0.655. The van der Waals surface area contributed by atoms with Gasteiger partial charge in [0.1, 0.15) is 6.07 Å². The molecular weight excluding hydrogens is 156 g/mol. The molecule has 1 heterocycles. The lowest BCUT2D eigenvalue weighted by Crippen LogP contribution is -1.86. The molecule has 2 nitrogen and oxygen atoms in total. The van der Waals surface area contributed by atoms with Crippen molar-refractivity contribution < 1.29 is 0 Å². The van der Waals surface area contributed by atoms with E-state index in [2.05, 4.69) is 11.1 Å². The van der Waals surface area contributed by atoms with Crippen molar-refractivity contribution in [2.45, 2.75) is 11.9 Å². The van der Waals surface area contributed by atoms with Gasteiger partial charge in [0.15, 0.2) is 0 Å². The smallest absolute Gasteiger partial charge is 0.101 e. The van der Waals surface area contributed by atoms with Gasteiger partial charge in [-0.25, -0.2) is 4.98 Å². The van der Waals surface area contributed by atoms with Crippen LogP contribution in [0.5, 0.6) is 0 Å². The number of hydrogen-bond donors (Lipinski definition) is 0. The van der Waals surface area contributed by atoms with Gasteiger partial charge in [-0.2, -0.15) is 5.26 Å². The molecule has 0 aliphatic carbocycles. The van der Waals surface area contributed by atoms with Crippen LogP contribution in [0.3, 0.4) is 0 Å². The molecule has 0 aromatic carbocycles. The lowest BCUT2D eigenvalue weighted by molar-refractivity contribution is 1.10. The molecule has 0 spiro atoms. The summed E-state index contributed by atoms with van der Waals surface area (Å²) in [6.07, 6.45) is 3.58. The Morgan fingerprint density at radius 3 is 2.82 bits per heavy atom. The van der Waals surface area contributed by atoms with Crippen molar-refractivity contribution in [2.75, 3.05) is 6.26 Å². The second kappa shape index (κ2) is 3.40. The van der Waals surface area contributed by atoms with Gasteiger partial charge in [0.05, 0.1) is 10.6 Å². The summed E-state index contributed by atoms with van der Waals surface area (Å²) in [6.45, 7) is 1.92. The summed E-state index contributed by atoms with van der Waals surface area (Å²) in [6, 6.07) is 3.99. The van der Waals surface area contributed by atoms with Crippen LogP contribution in [-0.4, -0.2) is 11.2 Å². The molecular formula is C8H8N2S. The van der Waals surface area contributed by atoms with Crippen molar-refractivity contribution in [3.63, 3.8) is 0 Å². The zero-order chi connectivity index (χ0) is 8.27. The predicted molar refractivity (Wildman–Crippen MR) is 45.5 cm³/mol. The van der Waals surface area contributed by atoms with Crippen molar-refractivity contribution in [1.29, 1.82) is 5.26 Å². The summed E-state index contributed by atoms with van der Waals surface area (Å²) >= 11 is 1.58. The summed E-state index contributed by atoms with van der Waals surface area (Å²) in [5, 5.41) is 9.54. The number of thioether (sulfide) groups is 1. The van der Waals surface area contributed by atoms with E-state index >= 15 is 0 Å². The molecule has 0 radical (unpaired) electrons. The average molecular weight is 164 g/mol. The number of nitriles is 1. The zero-order valence-electron chi connectivity index (χ0n) is 6.46. The summed E-state index contributed by atoms with van der Waals surface area (Å²) in [5.41, 5.74) is 1.65. The quantitative estimate of drug-likeness (QED) is 0.595. The molecule has 56 valence electrons. The molecule has 0 N–H and O–H groups in total. The van der Waals surface area contributed by atoms with Crippen molar-refractivity contribution in [3.8, 4) is 6.07 Å². The Kier molecular flexibility index (Phi) is 2.50. The number of aromatic nitrogens is 1. The molecule has 0 bridgehead atoms. The van der Waals surface area contributed by atoms with Crippen LogP contribution in [0.25, 0.3) is 0 Å². The Hall–Kier alpha value is -1.01. The first-order valence-corrected chi connectivity index (χ1v) is 4.41. The summed E-state index contributed by atoms with van der Waals surface area (Å²) in [5.74, 6) is 0. The molecule has 0 saturated heterocycles. The highest BCUT2D eigenvalue weighted by Gasteiger charge is 1.98. The third kappa shape index (κ3) is 1.72. The van der Waals surface area contributed by atoms with Gasteiger partial charge in [0.2, 0.25) is 0 Å². The molecule has 11 heavy (non-hydrogen) atoms. The van der Waals surface area contributed by atoms with Gasteiger partial charge >= 0.3 is 0 Å². The minimum Gasteiger partial charge on any atom is -0.249 e. The SMILES string of the molecule is CSc1cc(C)c(C#N)cn1. The maximum absolute atomic E-state index is 8.59. The largest absolute Gasteiger partial charge is 0.249 e. The van der Waals surface area contributed by atoms with Crippen molar-refractivity contribution in [3.05, 3.63) is 23.4 Å². The molecule has 1 aromatic heterocycles. The van der Waals surface area contributed by atoms with Crippen LogP contribution in [-0.2, 0) is 0 Å². The van der Waals surface area contributed by atoms with Crippen LogP contribution < -0.4 is 0 Å². The fraction of sp³-hybridized carbons (Fsp3) is 0.250. The zero-order valence-corrected chi connectivity index (χ0v) is 7.27. The lowest BCUT2D eigenvalue weighted by atomic mass is 10.2. The third-order valence-corrected chi connectivity index (χ3v) is 2.06. The Bertz CT molecular complexity index is 301. The minimum atomic E-state index is 0.655. The van der Waals surface area contributed by atoms with Crippen molar-refractivity contribution >= 4 is 11.8 Å². The summed E-state index contributed by atoms with van der Waals surface area (Å²) < 4.78 is 0. The first-order valence-electron chi connectivity index (χ1n) is 3.18. The van der Waals surface area contributed by atoms with E-state index in [-0.39, 0.29) is 0 Å². The van der Waals surface area contributed by atoms with Gasteiger partial charge in [0.25, 0.3) is 0 Å². The Morgan fingerprint density at radius 1 is 1.64 bits per heavy atom. The van der Waals surface area contributed by atoms with E-state index in [1.165, 1.54) is 0 Å². The highest BCUT2D eigenvalue weighted by Crippen LogP contribution is 2.14. The average Bonchev–Trinajstić information content (AvgIpc) is 2.04. The van der Waals surface area contributed by atoms with Crippen LogP contribution >= 0.6 is 11.8 Å². The molecule has 0 unspecified atom stereocenters. The topological polar surface area (TPSA) is 36.7 Å². The van der Waals surface area contributed by atoms with Gasteiger partial charge in [-0.1, -0.05) is 0 Å². The lowest BCUT2D eigenvalue weighted by Gasteiger charge is -1.97. The molecule has 1 rings (SSSR count). The van der Waals surface area contributed by atoms with Crippen molar-refractivity contribution in [2.24, 2.45) is 0 Å². The fourth-order valence-electron chi connectivity index (χ4n) is 0.759. The van der Waals surface area contributed by atoms with Crippen LogP contribution in [0, 0.1) is 18.3 Å². The first-order chi connectivity index (χ1) is 5.27. The van der Waals surface area contributed by atoms with Gasteiger partial charge in [-0.15, -0.1) is 11.8 Å². The summed E-state index contributed by atoms with van der Waals surface area (Å²) in [4.78, 5) is 4.07. The number of aryl methyl sites for hydroxylation is 1. The maximum atomic E-state index is 8.59. The van der Waals surface area contributed by atoms with Crippen LogP contribution in [0.2, 0.25) is 0 Å². The molecule has 3 heteroatoms. The second-order valence-corrected chi connectivity index (χ2v) is 2.98. The number of nitrogens with zero attached hydrogens (tertiary/aromatic N) is 2. The normalized spacial score (nSPS) is 9.18. The number of hydrogen-bond acceptors (Lipinski definition) is 3. The van der Waals surface area contributed by atoms with E-state index in [0.29, 0.717) is 5.56 Å². The van der Waals surface area contributed by atoms with Gasteiger partial charge in [0, 0.05) is 6.20 Å². The van der Waals surface area contributed by atoms with E-state index in [1.54, 1.807) is 18.0 Å². The number of rotatable bonds is 1. The molecule has 0 amide bonds. The fourth-order valence-corrected chi connectivity index (χ4v) is 1.21. The van der Waals surface area contributed by atoms with E-state index in [0.717, 1.165) is 10.6 Å². The predicted octanol–water partition coefficient (Wildman–Crippen LogP) is 1.98. The van der Waals surface area contributed by atoms with Gasteiger partial charge < -0.3 is 0 Å². The molecule has 0 atom stereocenters. The second-order valence-electron chi connectivity index (χ2n) is 2.15. The van der Waals surface area contributed by atoms with E-state index in [4.69, 9.17) is 5.26 Å². The molecule has 1 aromatic rings. The van der Waals surface area contributed by atoms with Gasteiger partial charge in [-0.05, 0) is 24.8 Å². The third-order valence-electron chi connectivity index (χ3n) is 1.42. The molecule has 0 aliphatic rings. The van der Waals surface area contributed by atoms with Crippen LogP contribution in [0.15, 0.2) is 17.3 Å². The monoisotopic (exact) mass is 164 g/mol. The Morgan fingerprint density at radius 2 is 2.36 bits per heavy atom. The molecule has 0 aliphatic heterocycles. The Labute approximate surface area is 70.3 Å². The van der Waals surface area contributed by atoms with E-state index < -0.39 is 0 Å². The van der Waals surface area contributed by atoms with Gasteiger partial charge in [-0.3, -0.25) is 0 Å². The van der Waals surface area contributed by atoms with Crippen LogP contribution in [0.1, 0.15) is 11.1 Å². The Balaban J connectivity index is 3.12. The van der Waals surface area contributed by atoms with E-state index in [9.17, 15) is 0 Å². The first kappa shape index (κ1) is 8.09. The molecule has 0 fully saturated rings. The highest BCUT2D eigenvalue weighted by atomic mass is 32.2. The number of pyridine rings is 1. The molecule has 0 saturated carbocycles. The van der Waals surface area contributed by atoms with Crippen LogP contribution in [0.4, 0.5) is 0 Å². The summed E-state index contributed by atoms with van der Waals surface area (Å²) in [7, 11) is 0. The standard InChI is InChI=1S/C8H8N2S/c1-6-3-8(11-2)10-5-7(6)4-9/h3,5H,1-2H3. The highest BCUT2D eigenvalue weighted by molar-refractivity contribution is 7.98. The maximum Gasteiger partial charge on any atom is 0.101 e.